The van der Waals surface area contributed by atoms with Crippen LogP contribution in [-0.4, -0.2) is 6.71 Å². The highest BCUT2D eigenvalue weighted by atomic mass is 15.2. The van der Waals surface area contributed by atoms with Gasteiger partial charge in [-0.05, 0) is 158 Å². The van der Waals surface area contributed by atoms with Crippen molar-refractivity contribution in [3.8, 4) is 11.1 Å². The molecule has 2 aliphatic heterocycles. The van der Waals surface area contributed by atoms with Crippen LogP contribution in [0.15, 0.2) is 212 Å². The van der Waals surface area contributed by atoms with Crippen molar-refractivity contribution in [3.05, 3.63) is 212 Å². The summed E-state index contributed by atoms with van der Waals surface area (Å²) in [6, 6.07) is 80.1. The van der Waals surface area contributed by atoms with Crippen LogP contribution >= 0.6 is 0 Å². The van der Waals surface area contributed by atoms with E-state index in [1.54, 1.807) is 0 Å². The second kappa shape index (κ2) is 12.2. The van der Waals surface area contributed by atoms with Crippen LogP contribution in [0.1, 0.15) is 0 Å². The van der Waals surface area contributed by atoms with Crippen LogP contribution in [-0.2, 0) is 0 Å². The average Bonchev–Trinajstić information content (AvgIpc) is 3.34. The van der Waals surface area contributed by atoms with Gasteiger partial charge in [0.25, 0.3) is 6.71 Å². The molecule has 0 N–H and O–H groups in total. The topological polar surface area (TPSA) is 6.48 Å². The van der Waals surface area contributed by atoms with Gasteiger partial charge in [0.15, 0.2) is 0 Å². The molecule has 3 heteroatoms. The van der Waals surface area contributed by atoms with Gasteiger partial charge in [-0.25, -0.2) is 0 Å². The molecular weight excluding hydrogens is 759 g/mol. The number of benzene rings is 13. The Hall–Kier alpha value is -8.14. The number of nitrogens with zero attached hydrogens (tertiary/aromatic N) is 2. The third-order valence-electron chi connectivity index (χ3n) is 14.4. The van der Waals surface area contributed by atoms with E-state index in [0.29, 0.717) is 0 Å². The van der Waals surface area contributed by atoms with Gasteiger partial charge < -0.3 is 9.80 Å². The molecule has 0 amide bonds. The molecule has 0 radical (unpaired) electrons. The first-order valence-electron chi connectivity index (χ1n) is 22.0. The summed E-state index contributed by atoms with van der Waals surface area (Å²) in [6.07, 6.45) is 0. The summed E-state index contributed by atoms with van der Waals surface area (Å²) in [5.74, 6) is 0. The molecule has 0 fully saturated rings. The largest absolute Gasteiger partial charge is 0.311 e. The predicted molar refractivity (Wildman–Crippen MR) is 271 cm³/mol. The minimum absolute atomic E-state index is 0.0697. The minimum Gasteiger partial charge on any atom is -0.311 e. The molecule has 15 rings (SSSR count). The lowest BCUT2D eigenvalue weighted by molar-refractivity contribution is 1.26. The molecule has 13 aromatic carbocycles. The molecule has 0 spiro atoms. The van der Waals surface area contributed by atoms with Crippen molar-refractivity contribution in [1.82, 2.24) is 0 Å². The molecule has 288 valence electrons. The van der Waals surface area contributed by atoms with Crippen molar-refractivity contribution in [3.63, 3.8) is 0 Å². The Balaban J connectivity index is 1.16. The van der Waals surface area contributed by atoms with E-state index in [1.165, 1.54) is 126 Å². The van der Waals surface area contributed by atoms with Gasteiger partial charge in [0.2, 0.25) is 0 Å². The van der Waals surface area contributed by atoms with E-state index in [0.717, 1.165) is 11.4 Å². The van der Waals surface area contributed by atoms with Crippen molar-refractivity contribution in [2.45, 2.75) is 0 Å². The van der Waals surface area contributed by atoms with Gasteiger partial charge in [0, 0.05) is 34.1 Å². The Morgan fingerprint density at radius 1 is 0.254 bits per heavy atom. The molecule has 0 aromatic heterocycles. The Morgan fingerprint density at radius 2 is 0.667 bits per heavy atom. The average molecular weight is 795 g/mol. The normalized spacial score (nSPS) is 13.3. The van der Waals surface area contributed by atoms with Gasteiger partial charge >= 0.3 is 0 Å². The molecule has 0 unspecified atom stereocenters. The maximum absolute atomic E-state index is 2.58. The molecule has 2 heterocycles. The van der Waals surface area contributed by atoms with E-state index in [9.17, 15) is 0 Å². The highest BCUT2D eigenvalue weighted by Crippen LogP contribution is 2.50. The second-order valence-electron chi connectivity index (χ2n) is 17.6. The van der Waals surface area contributed by atoms with Gasteiger partial charge in [0.05, 0.1) is 0 Å². The zero-order valence-electron chi connectivity index (χ0n) is 34.2. The van der Waals surface area contributed by atoms with Crippen LogP contribution in [0.25, 0.3) is 86.5 Å². The van der Waals surface area contributed by atoms with Crippen molar-refractivity contribution in [1.29, 1.82) is 0 Å². The van der Waals surface area contributed by atoms with Crippen LogP contribution in [0.3, 0.4) is 0 Å². The molecule has 0 saturated heterocycles. The maximum atomic E-state index is 2.58. The lowest BCUT2D eigenvalue weighted by Crippen LogP contribution is -2.61. The van der Waals surface area contributed by atoms with Crippen molar-refractivity contribution in [2.24, 2.45) is 0 Å². The fourth-order valence-corrected chi connectivity index (χ4v) is 11.8. The molecule has 0 bridgehead atoms. The van der Waals surface area contributed by atoms with Crippen LogP contribution < -0.4 is 26.2 Å². The highest BCUT2D eigenvalue weighted by Gasteiger charge is 2.46. The smallest absolute Gasteiger partial charge is 0.253 e. The number of fused-ring (bicyclic) bond motifs is 7. The van der Waals surface area contributed by atoms with E-state index in [1.807, 2.05) is 0 Å². The summed E-state index contributed by atoms with van der Waals surface area (Å²) in [5.41, 5.74) is 13.6. The number of rotatable bonds is 3. The Morgan fingerprint density at radius 3 is 1.19 bits per heavy atom. The molecule has 2 aliphatic rings. The van der Waals surface area contributed by atoms with Crippen LogP contribution in [0.4, 0.5) is 34.1 Å². The zero-order chi connectivity index (χ0) is 40.9. The fraction of sp³-hybridized carbons (Fsp3) is 0. The van der Waals surface area contributed by atoms with E-state index in [-0.39, 0.29) is 6.71 Å². The third-order valence-corrected chi connectivity index (χ3v) is 14.4. The van der Waals surface area contributed by atoms with Crippen LogP contribution in [0.2, 0.25) is 0 Å². The van der Waals surface area contributed by atoms with E-state index in [4.69, 9.17) is 0 Å². The predicted octanol–water partition coefficient (Wildman–Crippen LogP) is 14.4. The summed E-state index contributed by atoms with van der Waals surface area (Å²) in [6.45, 7) is -0.0697. The summed E-state index contributed by atoms with van der Waals surface area (Å²) < 4.78 is 0. The van der Waals surface area contributed by atoms with Gasteiger partial charge in [-0.1, -0.05) is 158 Å². The van der Waals surface area contributed by atoms with Crippen molar-refractivity contribution < 1.29 is 0 Å². The fourth-order valence-electron chi connectivity index (χ4n) is 11.8. The number of para-hydroxylation sites is 2. The SMILES string of the molecule is c1ccc(N2c3cc(-c4ccc5ccccc5c4)cc4c3B(c3c2cc2ccc5cccc6ccc3c2c56)c2c(cc3ccc5cccc6ccc2c3c56)N4c2ccccc2)cc1. The van der Waals surface area contributed by atoms with Gasteiger partial charge in [0.1, 0.15) is 0 Å². The first kappa shape index (κ1) is 33.6. The first-order chi connectivity index (χ1) is 31.2. The lowest BCUT2D eigenvalue weighted by Gasteiger charge is -2.45. The summed E-state index contributed by atoms with van der Waals surface area (Å²) >= 11 is 0. The van der Waals surface area contributed by atoms with Gasteiger partial charge in [-0.15, -0.1) is 0 Å². The molecule has 2 nitrogen and oxygen atoms in total. The quantitative estimate of drug-likeness (QED) is 0.130. The maximum Gasteiger partial charge on any atom is 0.253 e. The Kier molecular flexibility index (Phi) is 6.53. The summed E-state index contributed by atoms with van der Waals surface area (Å²) in [5, 5.41) is 18.2. The first-order valence-corrected chi connectivity index (χ1v) is 22.0. The lowest BCUT2D eigenvalue weighted by atomic mass is 9.32. The minimum atomic E-state index is -0.0697. The number of hydrogen-bond acceptors (Lipinski definition) is 2. The summed E-state index contributed by atoms with van der Waals surface area (Å²) in [4.78, 5) is 5.15. The van der Waals surface area contributed by atoms with E-state index in [2.05, 4.69) is 222 Å². The van der Waals surface area contributed by atoms with Crippen molar-refractivity contribution >= 4 is 133 Å². The second-order valence-corrected chi connectivity index (χ2v) is 17.6. The van der Waals surface area contributed by atoms with Crippen molar-refractivity contribution in [2.75, 3.05) is 9.80 Å². The highest BCUT2D eigenvalue weighted by molar-refractivity contribution is 7.03. The zero-order valence-corrected chi connectivity index (χ0v) is 34.2. The van der Waals surface area contributed by atoms with Crippen LogP contribution in [0, 0.1) is 0 Å². The van der Waals surface area contributed by atoms with Gasteiger partial charge in [-0.2, -0.15) is 0 Å². The molecule has 0 saturated carbocycles. The molecule has 0 atom stereocenters. The third kappa shape index (κ3) is 4.48. The van der Waals surface area contributed by atoms with Gasteiger partial charge in [-0.3, -0.25) is 0 Å². The Labute approximate surface area is 364 Å². The van der Waals surface area contributed by atoms with Crippen LogP contribution in [0.5, 0.6) is 0 Å². The standard InChI is InChI=1S/C60H35BN2/c1-3-17-46(18-4-1)62-50-32-43-25-22-37-13-9-15-39-27-29-48(56(43)54(37)39)58(50)61-59-49-30-28-40-16-10-14-38-23-26-44(57(49)55(38)40)33-51(59)63(47-19-5-2-6-20-47)53-35-45(34-52(62)60(53)61)42-24-21-36-11-7-8-12-41(36)31-42/h1-35H. The summed E-state index contributed by atoms with van der Waals surface area (Å²) in [7, 11) is 0. The monoisotopic (exact) mass is 794 g/mol. The molecular formula is C60H35BN2. The molecule has 13 aromatic rings. The number of hydrogen-bond donors (Lipinski definition) is 0. The number of anilines is 6. The van der Waals surface area contributed by atoms with E-state index >= 15 is 0 Å². The van der Waals surface area contributed by atoms with E-state index < -0.39 is 0 Å². The Bertz CT molecular complexity index is 3790. The molecule has 0 aliphatic carbocycles. The molecule has 63 heavy (non-hydrogen) atoms.